The van der Waals surface area contributed by atoms with E-state index in [0.717, 1.165) is 45.3 Å². The van der Waals surface area contributed by atoms with Crippen molar-refractivity contribution in [3.05, 3.63) is 0 Å². The molecule has 4 nitrogen and oxygen atoms in total. The van der Waals surface area contributed by atoms with E-state index in [-0.39, 0.29) is 12.5 Å². The van der Waals surface area contributed by atoms with Crippen LogP contribution >= 0.6 is 0 Å². The normalized spacial score (nSPS) is 16.5. The number of nitrogens with one attached hydrogen (secondary N) is 1. The largest absolute Gasteiger partial charge is 0.381 e. The van der Waals surface area contributed by atoms with Gasteiger partial charge in [0.2, 0.25) is 5.91 Å². The summed E-state index contributed by atoms with van der Waals surface area (Å²) in [7, 11) is 0. The number of rotatable bonds is 10. The molecular formula is C15H29NO3. The fourth-order valence-corrected chi connectivity index (χ4v) is 2.23. The molecule has 1 aliphatic rings. The Labute approximate surface area is 117 Å². The van der Waals surface area contributed by atoms with Gasteiger partial charge in [-0.05, 0) is 25.7 Å². The second-order valence-corrected chi connectivity index (χ2v) is 5.24. The fraction of sp³-hybridized carbons (Fsp3) is 0.933. The molecule has 0 atom stereocenters. The Morgan fingerprint density at radius 1 is 1.16 bits per heavy atom. The molecule has 0 heterocycles. The van der Waals surface area contributed by atoms with Gasteiger partial charge in [-0.15, -0.1) is 0 Å². The maximum atomic E-state index is 11.5. The minimum absolute atomic E-state index is 0.000804. The van der Waals surface area contributed by atoms with E-state index in [1.54, 1.807) is 0 Å². The lowest BCUT2D eigenvalue weighted by Gasteiger charge is -2.21. The van der Waals surface area contributed by atoms with Gasteiger partial charge in [0.15, 0.2) is 0 Å². The molecule has 0 spiro atoms. The van der Waals surface area contributed by atoms with E-state index in [4.69, 9.17) is 9.47 Å². The lowest BCUT2D eigenvalue weighted by molar-refractivity contribution is -0.128. The highest BCUT2D eigenvalue weighted by molar-refractivity contribution is 5.77. The summed E-state index contributed by atoms with van der Waals surface area (Å²) in [6.07, 6.45) is 9.46. The van der Waals surface area contributed by atoms with Crippen LogP contribution in [-0.2, 0) is 14.3 Å². The van der Waals surface area contributed by atoms with Gasteiger partial charge in [0.25, 0.3) is 0 Å². The molecular weight excluding hydrogens is 242 g/mol. The third-order valence-electron chi connectivity index (χ3n) is 3.43. The SMILES string of the molecule is CCCCOCCCNC(=O)COC1CCCCC1. The Kier molecular flexibility index (Phi) is 9.72. The number of amides is 1. The number of carbonyl (C=O) groups excluding carboxylic acids is 1. The van der Waals surface area contributed by atoms with E-state index in [9.17, 15) is 4.79 Å². The van der Waals surface area contributed by atoms with Crippen molar-refractivity contribution < 1.29 is 14.3 Å². The van der Waals surface area contributed by atoms with Crippen LogP contribution in [0.3, 0.4) is 0 Å². The van der Waals surface area contributed by atoms with Crippen LogP contribution < -0.4 is 5.32 Å². The first-order valence-electron chi connectivity index (χ1n) is 7.79. The number of unbranched alkanes of at least 4 members (excludes halogenated alkanes) is 1. The molecule has 1 fully saturated rings. The van der Waals surface area contributed by atoms with Crippen molar-refractivity contribution in [1.29, 1.82) is 0 Å². The van der Waals surface area contributed by atoms with Crippen LogP contribution in [-0.4, -0.2) is 38.4 Å². The second kappa shape index (κ2) is 11.2. The summed E-state index contributed by atoms with van der Waals surface area (Å²) in [6, 6.07) is 0. The van der Waals surface area contributed by atoms with E-state index in [1.165, 1.54) is 19.3 Å². The van der Waals surface area contributed by atoms with Crippen LogP contribution in [0.4, 0.5) is 0 Å². The van der Waals surface area contributed by atoms with E-state index in [2.05, 4.69) is 12.2 Å². The lowest BCUT2D eigenvalue weighted by atomic mass is 9.98. The highest BCUT2D eigenvalue weighted by Crippen LogP contribution is 2.19. The molecule has 0 aromatic heterocycles. The van der Waals surface area contributed by atoms with Gasteiger partial charge < -0.3 is 14.8 Å². The van der Waals surface area contributed by atoms with Crippen molar-refractivity contribution in [2.24, 2.45) is 0 Å². The molecule has 0 bridgehead atoms. The third-order valence-corrected chi connectivity index (χ3v) is 3.43. The molecule has 1 aliphatic carbocycles. The zero-order valence-corrected chi connectivity index (χ0v) is 12.3. The summed E-state index contributed by atoms with van der Waals surface area (Å²) in [5.41, 5.74) is 0. The van der Waals surface area contributed by atoms with Gasteiger partial charge in [-0.3, -0.25) is 4.79 Å². The molecule has 0 radical (unpaired) electrons. The molecule has 0 saturated heterocycles. The Bertz CT molecular complexity index is 227. The van der Waals surface area contributed by atoms with E-state index in [0.29, 0.717) is 12.6 Å². The summed E-state index contributed by atoms with van der Waals surface area (Å²) < 4.78 is 11.0. The van der Waals surface area contributed by atoms with Crippen LogP contribution in [0.5, 0.6) is 0 Å². The van der Waals surface area contributed by atoms with Crippen molar-refractivity contribution in [1.82, 2.24) is 5.32 Å². The zero-order chi connectivity index (χ0) is 13.8. The minimum Gasteiger partial charge on any atom is -0.381 e. The van der Waals surface area contributed by atoms with Gasteiger partial charge in [0.05, 0.1) is 6.10 Å². The van der Waals surface area contributed by atoms with Gasteiger partial charge in [-0.2, -0.15) is 0 Å². The van der Waals surface area contributed by atoms with E-state index < -0.39 is 0 Å². The number of hydrogen-bond donors (Lipinski definition) is 1. The maximum Gasteiger partial charge on any atom is 0.246 e. The molecule has 0 aromatic rings. The monoisotopic (exact) mass is 271 g/mol. The maximum absolute atomic E-state index is 11.5. The summed E-state index contributed by atoms with van der Waals surface area (Å²) >= 11 is 0. The molecule has 0 aliphatic heterocycles. The zero-order valence-electron chi connectivity index (χ0n) is 12.3. The summed E-state index contributed by atoms with van der Waals surface area (Å²) in [4.78, 5) is 11.5. The second-order valence-electron chi connectivity index (χ2n) is 5.24. The van der Waals surface area contributed by atoms with Crippen molar-refractivity contribution in [2.75, 3.05) is 26.4 Å². The molecule has 112 valence electrons. The Balaban J connectivity index is 1.87. The first-order chi connectivity index (χ1) is 9.33. The minimum atomic E-state index is -0.000804. The third kappa shape index (κ3) is 9.00. The molecule has 1 saturated carbocycles. The quantitative estimate of drug-likeness (QED) is 0.621. The predicted molar refractivity (Wildman–Crippen MR) is 76.2 cm³/mol. The van der Waals surface area contributed by atoms with Crippen LogP contribution in [0.15, 0.2) is 0 Å². The molecule has 1 amide bonds. The van der Waals surface area contributed by atoms with Crippen molar-refractivity contribution in [3.63, 3.8) is 0 Å². The highest BCUT2D eigenvalue weighted by Gasteiger charge is 2.14. The van der Waals surface area contributed by atoms with Crippen molar-refractivity contribution in [3.8, 4) is 0 Å². The Morgan fingerprint density at radius 3 is 2.63 bits per heavy atom. The molecule has 1 rings (SSSR count). The number of hydrogen-bond acceptors (Lipinski definition) is 3. The Hall–Kier alpha value is -0.610. The van der Waals surface area contributed by atoms with Crippen molar-refractivity contribution >= 4 is 5.91 Å². The fourth-order valence-electron chi connectivity index (χ4n) is 2.23. The molecule has 1 N–H and O–H groups in total. The van der Waals surface area contributed by atoms with Gasteiger partial charge in [0, 0.05) is 19.8 Å². The topological polar surface area (TPSA) is 47.6 Å². The van der Waals surface area contributed by atoms with E-state index >= 15 is 0 Å². The number of ether oxygens (including phenoxy) is 2. The lowest BCUT2D eigenvalue weighted by Crippen LogP contribution is -2.31. The molecule has 4 heteroatoms. The van der Waals surface area contributed by atoms with Gasteiger partial charge in [-0.25, -0.2) is 0 Å². The van der Waals surface area contributed by atoms with Crippen LogP contribution in [0.1, 0.15) is 58.3 Å². The average Bonchev–Trinajstić information content (AvgIpc) is 2.45. The molecule has 19 heavy (non-hydrogen) atoms. The van der Waals surface area contributed by atoms with Crippen LogP contribution in [0.25, 0.3) is 0 Å². The smallest absolute Gasteiger partial charge is 0.246 e. The predicted octanol–water partition coefficient (Wildman–Crippen LogP) is 2.66. The first-order valence-corrected chi connectivity index (χ1v) is 7.79. The van der Waals surface area contributed by atoms with Gasteiger partial charge >= 0.3 is 0 Å². The summed E-state index contributed by atoms with van der Waals surface area (Å²) in [5, 5.41) is 2.87. The van der Waals surface area contributed by atoms with Crippen LogP contribution in [0.2, 0.25) is 0 Å². The summed E-state index contributed by atoms with van der Waals surface area (Å²) in [6.45, 7) is 4.59. The molecule has 0 aromatic carbocycles. The van der Waals surface area contributed by atoms with Crippen LogP contribution in [0, 0.1) is 0 Å². The van der Waals surface area contributed by atoms with Gasteiger partial charge in [0.1, 0.15) is 6.61 Å². The Morgan fingerprint density at radius 2 is 1.89 bits per heavy atom. The number of carbonyl (C=O) groups is 1. The van der Waals surface area contributed by atoms with E-state index in [1.807, 2.05) is 0 Å². The average molecular weight is 271 g/mol. The standard InChI is InChI=1S/C15H29NO3/c1-2-3-11-18-12-7-10-16-15(17)13-19-14-8-5-4-6-9-14/h14H,2-13H2,1H3,(H,16,17). The van der Waals surface area contributed by atoms with Crippen molar-refractivity contribution in [2.45, 2.75) is 64.4 Å². The molecule has 0 unspecified atom stereocenters. The van der Waals surface area contributed by atoms with Gasteiger partial charge in [-0.1, -0.05) is 32.6 Å². The highest BCUT2D eigenvalue weighted by atomic mass is 16.5. The first kappa shape index (κ1) is 16.4. The summed E-state index contributed by atoms with van der Waals surface area (Å²) in [5.74, 6) is -0.000804.